The van der Waals surface area contributed by atoms with E-state index in [1.54, 1.807) is 24.3 Å². The van der Waals surface area contributed by atoms with Crippen molar-refractivity contribution in [2.24, 2.45) is 5.92 Å². The molecule has 1 aromatic rings. The summed E-state index contributed by atoms with van der Waals surface area (Å²) in [4.78, 5) is 27.3. The molecule has 0 radical (unpaired) electrons. The Bertz CT molecular complexity index is 589. The van der Waals surface area contributed by atoms with Crippen LogP contribution >= 0.6 is 11.6 Å². The second-order valence-electron chi connectivity index (χ2n) is 6.85. The summed E-state index contributed by atoms with van der Waals surface area (Å²) in [6, 6.07) is 6.14. The first kappa shape index (κ1) is 19.7. The first-order valence-corrected chi connectivity index (χ1v) is 9.25. The molecule has 1 heterocycles. The number of amides is 2. The number of hydrogen-bond acceptors (Lipinski definition) is 3. The molecule has 1 aromatic carbocycles. The maximum Gasteiger partial charge on any atom is 0.251 e. The van der Waals surface area contributed by atoms with Gasteiger partial charge in [-0.15, -0.1) is 0 Å². The lowest BCUT2D eigenvalue weighted by Gasteiger charge is -2.35. The lowest BCUT2D eigenvalue weighted by atomic mass is 10.0. The normalized spacial score (nSPS) is 18.9. The Hall–Kier alpha value is -1.59. The highest BCUT2D eigenvalue weighted by Crippen LogP contribution is 2.15. The molecule has 25 heavy (non-hydrogen) atoms. The van der Waals surface area contributed by atoms with Gasteiger partial charge in [-0.3, -0.25) is 9.59 Å². The predicted octanol–water partition coefficient (Wildman–Crippen LogP) is 3.12. The van der Waals surface area contributed by atoms with Gasteiger partial charge < -0.3 is 15.0 Å². The SMILES string of the molecule is CCC1CN(C(=O)C(CC(C)C)NC(=O)c2ccc(Cl)cc2)CCO1. The molecule has 2 atom stereocenters. The van der Waals surface area contributed by atoms with Crippen LogP contribution in [0.2, 0.25) is 5.02 Å². The summed E-state index contributed by atoms with van der Waals surface area (Å²) in [5, 5.41) is 3.47. The monoisotopic (exact) mass is 366 g/mol. The maximum atomic E-state index is 13.0. The van der Waals surface area contributed by atoms with Gasteiger partial charge in [0.15, 0.2) is 0 Å². The zero-order valence-electron chi connectivity index (χ0n) is 15.1. The van der Waals surface area contributed by atoms with E-state index >= 15 is 0 Å². The minimum atomic E-state index is -0.529. The van der Waals surface area contributed by atoms with Crippen LogP contribution in [0.25, 0.3) is 0 Å². The first-order valence-electron chi connectivity index (χ1n) is 8.87. The van der Waals surface area contributed by atoms with E-state index in [-0.39, 0.29) is 17.9 Å². The highest BCUT2D eigenvalue weighted by Gasteiger charge is 2.30. The molecule has 1 saturated heterocycles. The second kappa shape index (κ2) is 9.20. The fraction of sp³-hybridized carbons (Fsp3) is 0.579. The third-order valence-corrected chi connectivity index (χ3v) is 4.57. The van der Waals surface area contributed by atoms with E-state index in [0.29, 0.717) is 42.6 Å². The Kier molecular flexibility index (Phi) is 7.26. The standard InChI is InChI=1S/C19H27ClN2O3/c1-4-16-12-22(9-10-25-16)19(24)17(11-13(2)3)21-18(23)14-5-7-15(20)8-6-14/h5-8,13,16-17H,4,9-12H2,1-3H3,(H,21,23). The number of halogens is 1. The number of rotatable bonds is 6. The third kappa shape index (κ3) is 5.72. The van der Waals surface area contributed by atoms with E-state index in [2.05, 4.69) is 5.32 Å². The van der Waals surface area contributed by atoms with Crippen molar-refractivity contribution in [2.45, 2.75) is 45.8 Å². The molecule has 1 N–H and O–H groups in total. The summed E-state index contributed by atoms with van der Waals surface area (Å²) in [6.45, 7) is 7.84. The molecule has 1 aliphatic heterocycles. The molecule has 138 valence electrons. The van der Waals surface area contributed by atoms with Gasteiger partial charge in [0.25, 0.3) is 5.91 Å². The molecule has 0 aromatic heterocycles. The van der Waals surface area contributed by atoms with Crippen molar-refractivity contribution in [3.63, 3.8) is 0 Å². The number of ether oxygens (including phenoxy) is 1. The molecule has 2 rings (SSSR count). The summed E-state index contributed by atoms with van der Waals surface area (Å²) < 4.78 is 5.64. The minimum Gasteiger partial charge on any atom is -0.375 e. The average molecular weight is 367 g/mol. The average Bonchev–Trinajstić information content (AvgIpc) is 2.60. The molecule has 1 aliphatic rings. The van der Waals surface area contributed by atoms with Crippen molar-refractivity contribution in [3.8, 4) is 0 Å². The van der Waals surface area contributed by atoms with Gasteiger partial charge in [0.1, 0.15) is 6.04 Å². The van der Waals surface area contributed by atoms with Crippen LogP contribution in [0.5, 0.6) is 0 Å². The highest BCUT2D eigenvalue weighted by atomic mass is 35.5. The van der Waals surface area contributed by atoms with Gasteiger partial charge >= 0.3 is 0 Å². The Morgan fingerprint density at radius 2 is 2.00 bits per heavy atom. The van der Waals surface area contributed by atoms with E-state index in [1.807, 2.05) is 25.7 Å². The van der Waals surface area contributed by atoms with E-state index < -0.39 is 6.04 Å². The van der Waals surface area contributed by atoms with Crippen molar-refractivity contribution in [3.05, 3.63) is 34.9 Å². The Morgan fingerprint density at radius 3 is 2.60 bits per heavy atom. The number of hydrogen-bond donors (Lipinski definition) is 1. The second-order valence-corrected chi connectivity index (χ2v) is 7.28. The molecule has 2 unspecified atom stereocenters. The van der Waals surface area contributed by atoms with Crippen molar-refractivity contribution < 1.29 is 14.3 Å². The molecule has 6 heteroatoms. The van der Waals surface area contributed by atoms with E-state index in [1.165, 1.54) is 0 Å². The van der Waals surface area contributed by atoms with Gasteiger partial charge in [0.2, 0.25) is 5.91 Å². The lowest BCUT2D eigenvalue weighted by Crippen LogP contribution is -2.54. The molecular weight excluding hydrogens is 340 g/mol. The summed E-state index contributed by atoms with van der Waals surface area (Å²) in [7, 11) is 0. The van der Waals surface area contributed by atoms with E-state index in [0.717, 1.165) is 6.42 Å². The zero-order chi connectivity index (χ0) is 18.4. The number of carbonyl (C=O) groups excluding carboxylic acids is 2. The van der Waals surface area contributed by atoms with Gasteiger partial charge in [-0.05, 0) is 43.0 Å². The molecule has 5 nitrogen and oxygen atoms in total. The summed E-state index contributed by atoms with van der Waals surface area (Å²) in [5.74, 6) is 0.0104. The van der Waals surface area contributed by atoms with Gasteiger partial charge in [-0.2, -0.15) is 0 Å². The van der Waals surface area contributed by atoms with E-state index in [4.69, 9.17) is 16.3 Å². The largest absolute Gasteiger partial charge is 0.375 e. The van der Waals surface area contributed by atoms with Gasteiger partial charge in [-0.25, -0.2) is 0 Å². The molecule has 2 amide bonds. The van der Waals surface area contributed by atoms with Crippen molar-refractivity contribution >= 4 is 23.4 Å². The number of nitrogens with zero attached hydrogens (tertiary/aromatic N) is 1. The van der Waals surface area contributed by atoms with Crippen molar-refractivity contribution in [1.82, 2.24) is 10.2 Å². The Labute approximate surface area is 154 Å². The fourth-order valence-electron chi connectivity index (χ4n) is 2.92. The van der Waals surface area contributed by atoms with Crippen LogP contribution in [-0.2, 0) is 9.53 Å². The van der Waals surface area contributed by atoms with Crippen LogP contribution in [-0.4, -0.2) is 48.6 Å². The van der Waals surface area contributed by atoms with Gasteiger partial charge in [0, 0.05) is 23.7 Å². The Balaban J connectivity index is 2.08. The number of carbonyl (C=O) groups is 2. The van der Waals surface area contributed by atoms with Crippen LogP contribution in [0.1, 0.15) is 44.0 Å². The summed E-state index contributed by atoms with van der Waals surface area (Å²) in [6.07, 6.45) is 1.55. The third-order valence-electron chi connectivity index (χ3n) is 4.32. The number of morpholine rings is 1. The number of benzene rings is 1. The van der Waals surface area contributed by atoms with Crippen LogP contribution in [0.4, 0.5) is 0 Å². The van der Waals surface area contributed by atoms with Crippen molar-refractivity contribution in [2.75, 3.05) is 19.7 Å². The summed E-state index contributed by atoms with van der Waals surface area (Å²) in [5.41, 5.74) is 0.499. The maximum absolute atomic E-state index is 13.0. The van der Waals surface area contributed by atoms with Gasteiger partial charge in [0.05, 0.1) is 12.7 Å². The zero-order valence-corrected chi connectivity index (χ0v) is 15.9. The molecule has 0 spiro atoms. The molecule has 0 bridgehead atoms. The predicted molar refractivity (Wildman–Crippen MR) is 98.8 cm³/mol. The quantitative estimate of drug-likeness (QED) is 0.841. The topological polar surface area (TPSA) is 58.6 Å². The Morgan fingerprint density at radius 1 is 1.32 bits per heavy atom. The van der Waals surface area contributed by atoms with Crippen LogP contribution in [0.3, 0.4) is 0 Å². The van der Waals surface area contributed by atoms with Crippen molar-refractivity contribution in [1.29, 1.82) is 0 Å². The molecule has 0 saturated carbocycles. The smallest absolute Gasteiger partial charge is 0.251 e. The molecule has 0 aliphatic carbocycles. The highest BCUT2D eigenvalue weighted by molar-refractivity contribution is 6.30. The van der Waals surface area contributed by atoms with Gasteiger partial charge in [-0.1, -0.05) is 32.4 Å². The van der Waals surface area contributed by atoms with Crippen LogP contribution in [0, 0.1) is 5.92 Å². The summed E-state index contributed by atoms with van der Waals surface area (Å²) >= 11 is 5.87. The first-order chi connectivity index (χ1) is 11.9. The molecule has 1 fully saturated rings. The van der Waals surface area contributed by atoms with E-state index in [9.17, 15) is 9.59 Å². The van der Waals surface area contributed by atoms with Crippen LogP contribution < -0.4 is 5.32 Å². The molecular formula is C19H27ClN2O3. The lowest BCUT2D eigenvalue weighted by molar-refractivity contribution is -0.141. The van der Waals surface area contributed by atoms with Crippen LogP contribution in [0.15, 0.2) is 24.3 Å². The number of nitrogens with one attached hydrogen (secondary N) is 1. The fourth-order valence-corrected chi connectivity index (χ4v) is 3.05. The minimum absolute atomic E-state index is 0.0298.